The summed E-state index contributed by atoms with van der Waals surface area (Å²) in [6.07, 6.45) is 4.81. The predicted molar refractivity (Wildman–Crippen MR) is 145 cm³/mol. The number of hydrogen-bond acceptors (Lipinski definition) is 6. The first kappa shape index (κ1) is 25.5. The zero-order valence-electron chi connectivity index (χ0n) is 21.7. The molecule has 2 amide bonds. The smallest absolute Gasteiger partial charge is 0.255 e. The van der Waals surface area contributed by atoms with Crippen molar-refractivity contribution < 1.29 is 14.3 Å². The largest absolute Gasteiger partial charge is 0.368 e. The quantitative estimate of drug-likeness (QED) is 0.371. The first-order chi connectivity index (χ1) is 18.5. The summed E-state index contributed by atoms with van der Waals surface area (Å²) >= 11 is 0. The van der Waals surface area contributed by atoms with E-state index in [9.17, 15) is 9.59 Å². The zero-order chi connectivity index (χ0) is 26.5. The number of nitrogens with zero attached hydrogens (tertiary/aromatic N) is 5. The zero-order valence-corrected chi connectivity index (χ0v) is 21.7. The Hall–Kier alpha value is -4.17. The number of aromatic nitrogens is 3. The molecular weight excluding hydrogens is 478 g/mol. The Morgan fingerprint density at radius 3 is 2.66 bits per heavy atom. The second-order valence-corrected chi connectivity index (χ2v) is 9.95. The van der Waals surface area contributed by atoms with Gasteiger partial charge >= 0.3 is 0 Å². The van der Waals surface area contributed by atoms with Crippen LogP contribution in [0.3, 0.4) is 0 Å². The van der Waals surface area contributed by atoms with Crippen molar-refractivity contribution in [2.75, 3.05) is 26.2 Å². The highest BCUT2D eigenvalue weighted by molar-refractivity contribution is 6.08. The molecule has 1 aromatic carbocycles. The van der Waals surface area contributed by atoms with Crippen LogP contribution in [0, 0.1) is 5.92 Å². The van der Waals surface area contributed by atoms with E-state index in [1.807, 2.05) is 59.5 Å². The fraction of sp³-hybridized carbons (Fsp3) is 0.300. The minimum absolute atomic E-state index is 0.00608. The van der Waals surface area contributed by atoms with Gasteiger partial charge in [0.15, 0.2) is 0 Å². The van der Waals surface area contributed by atoms with E-state index in [0.717, 1.165) is 16.6 Å². The third kappa shape index (κ3) is 5.86. The summed E-state index contributed by atoms with van der Waals surface area (Å²) in [7, 11) is 0. The maximum atomic E-state index is 14.1. The number of benzene rings is 1. The van der Waals surface area contributed by atoms with Gasteiger partial charge in [0.2, 0.25) is 5.91 Å². The molecule has 0 aliphatic carbocycles. The van der Waals surface area contributed by atoms with Gasteiger partial charge in [-0.05, 0) is 42.3 Å². The third-order valence-electron chi connectivity index (χ3n) is 6.50. The van der Waals surface area contributed by atoms with E-state index in [0.29, 0.717) is 48.9 Å². The van der Waals surface area contributed by atoms with Crippen LogP contribution in [0.15, 0.2) is 79.3 Å². The van der Waals surface area contributed by atoms with Crippen LogP contribution in [0.5, 0.6) is 0 Å². The molecule has 1 atom stereocenters. The molecule has 0 N–H and O–H groups in total. The lowest BCUT2D eigenvalue weighted by molar-refractivity contribution is -0.132. The highest BCUT2D eigenvalue weighted by Crippen LogP contribution is 2.26. The molecule has 1 aliphatic heterocycles. The summed E-state index contributed by atoms with van der Waals surface area (Å²) < 4.78 is 6.24. The fourth-order valence-corrected chi connectivity index (χ4v) is 4.73. The van der Waals surface area contributed by atoms with E-state index in [-0.39, 0.29) is 24.5 Å². The van der Waals surface area contributed by atoms with Crippen molar-refractivity contribution >= 4 is 22.7 Å². The van der Waals surface area contributed by atoms with Gasteiger partial charge in [-0.1, -0.05) is 38.1 Å². The van der Waals surface area contributed by atoms with E-state index >= 15 is 0 Å². The number of carbonyl (C=O) groups excluding carboxylic acids is 2. The Balaban J connectivity index is 1.48. The van der Waals surface area contributed by atoms with Crippen LogP contribution in [-0.4, -0.2) is 68.8 Å². The molecule has 3 aromatic heterocycles. The summed E-state index contributed by atoms with van der Waals surface area (Å²) in [6.45, 7) is 5.78. The van der Waals surface area contributed by atoms with E-state index in [1.165, 1.54) is 0 Å². The fourth-order valence-electron chi connectivity index (χ4n) is 4.73. The van der Waals surface area contributed by atoms with E-state index in [4.69, 9.17) is 9.72 Å². The molecule has 5 rings (SSSR count). The van der Waals surface area contributed by atoms with Crippen molar-refractivity contribution in [1.29, 1.82) is 0 Å². The lowest BCUT2D eigenvalue weighted by Gasteiger charge is -2.26. The number of rotatable bonds is 7. The van der Waals surface area contributed by atoms with E-state index in [1.54, 1.807) is 29.6 Å². The molecule has 194 valence electrons. The summed E-state index contributed by atoms with van der Waals surface area (Å²) in [5.74, 6) is -0.00873. The van der Waals surface area contributed by atoms with Crippen LogP contribution in [0.2, 0.25) is 0 Å². The van der Waals surface area contributed by atoms with Gasteiger partial charge in [-0.25, -0.2) is 4.98 Å². The molecule has 1 aliphatic rings. The number of hydrogen-bond donors (Lipinski definition) is 0. The van der Waals surface area contributed by atoms with Crippen LogP contribution in [-0.2, 0) is 16.1 Å². The van der Waals surface area contributed by atoms with Crippen molar-refractivity contribution in [2.24, 2.45) is 5.92 Å². The normalized spacial score (nSPS) is 16.2. The first-order valence-electron chi connectivity index (χ1n) is 12.9. The van der Waals surface area contributed by atoms with Crippen molar-refractivity contribution in [3.8, 4) is 11.3 Å². The maximum Gasteiger partial charge on any atom is 0.255 e. The Morgan fingerprint density at radius 2 is 1.89 bits per heavy atom. The summed E-state index contributed by atoms with van der Waals surface area (Å²) in [5, 5.41) is 0.742. The highest BCUT2D eigenvalue weighted by atomic mass is 16.5. The topological polar surface area (TPSA) is 88.5 Å². The van der Waals surface area contributed by atoms with Gasteiger partial charge in [0.05, 0.1) is 35.2 Å². The van der Waals surface area contributed by atoms with Crippen LogP contribution in [0.4, 0.5) is 0 Å². The van der Waals surface area contributed by atoms with Crippen LogP contribution >= 0.6 is 0 Å². The standard InChI is InChI=1S/C30H31N5O3/c1-21(2)16-34-17-24(38-20-23-9-5-6-13-32-23)18-35(19-29(34)36)30(37)26-14-28(22-8-7-12-31-15-22)33-27-11-4-3-10-25(26)27/h3-15,21,24H,16-20H2,1-2H3. The second kappa shape index (κ2) is 11.5. The Bertz CT molecular complexity index is 1410. The first-order valence-corrected chi connectivity index (χ1v) is 12.9. The monoisotopic (exact) mass is 509 g/mol. The summed E-state index contributed by atoms with van der Waals surface area (Å²) in [6, 6.07) is 18.8. The van der Waals surface area contributed by atoms with E-state index < -0.39 is 0 Å². The predicted octanol–water partition coefficient (Wildman–Crippen LogP) is 4.22. The Kier molecular flexibility index (Phi) is 7.70. The molecular formula is C30H31N5O3. The Morgan fingerprint density at radius 1 is 1.05 bits per heavy atom. The summed E-state index contributed by atoms with van der Waals surface area (Å²) in [5.41, 5.74) is 3.49. The number of ether oxygens (including phenoxy) is 1. The molecule has 8 nitrogen and oxygen atoms in total. The van der Waals surface area contributed by atoms with Crippen molar-refractivity contribution in [3.63, 3.8) is 0 Å². The number of pyridine rings is 3. The summed E-state index contributed by atoms with van der Waals surface area (Å²) in [4.78, 5) is 44.1. The van der Waals surface area contributed by atoms with Gasteiger partial charge in [0, 0.05) is 49.2 Å². The van der Waals surface area contributed by atoms with Crippen LogP contribution < -0.4 is 0 Å². The molecule has 1 unspecified atom stereocenters. The van der Waals surface area contributed by atoms with Gasteiger partial charge in [-0.2, -0.15) is 0 Å². The molecule has 38 heavy (non-hydrogen) atoms. The second-order valence-electron chi connectivity index (χ2n) is 9.95. The molecule has 0 spiro atoms. The van der Waals surface area contributed by atoms with Crippen molar-refractivity contribution in [2.45, 2.75) is 26.6 Å². The molecule has 0 radical (unpaired) electrons. The average Bonchev–Trinajstić information content (AvgIpc) is 3.09. The van der Waals surface area contributed by atoms with Crippen LogP contribution in [0.1, 0.15) is 29.9 Å². The maximum absolute atomic E-state index is 14.1. The third-order valence-corrected chi connectivity index (χ3v) is 6.50. The number of para-hydroxylation sites is 1. The van der Waals surface area contributed by atoms with Crippen molar-refractivity contribution in [1.82, 2.24) is 24.8 Å². The van der Waals surface area contributed by atoms with Gasteiger partial charge in [0.25, 0.3) is 5.91 Å². The number of amides is 2. The molecule has 4 heterocycles. The number of carbonyl (C=O) groups is 2. The minimum atomic E-state index is -0.350. The molecule has 1 fully saturated rings. The molecule has 4 aromatic rings. The van der Waals surface area contributed by atoms with Gasteiger partial charge in [-0.3, -0.25) is 19.6 Å². The molecule has 0 bridgehead atoms. The average molecular weight is 510 g/mol. The SMILES string of the molecule is CC(C)CN1CC(OCc2ccccn2)CN(C(=O)c2cc(-c3cccnc3)nc3ccccc23)CC1=O. The van der Waals surface area contributed by atoms with Gasteiger partial charge in [-0.15, -0.1) is 0 Å². The minimum Gasteiger partial charge on any atom is -0.368 e. The number of fused-ring (bicyclic) bond motifs is 1. The lowest BCUT2D eigenvalue weighted by Crippen LogP contribution is -2.40. The van der Waals surface area contributed by atoms with Gasteiger partial charge in [0.1, 0.15) is 6.54 Å². The molecule has 0 saturated carbocycles. The molecule has 1 saturated heterocycles. The Labute approximate surface area is 222 Å². The lowest BCUT2D eigenvalue weighted by atomic mass is 10.0. The van der Waals surface area contributed by atoms with Crippen LogP contribution in [0.25, 0.3) is 22.2 Å². The van der Waals surface area contributed by atoms with E-state index in [2.05, 4.69) is 23.8 Å². The van der Waals surface area contributed by atoms with Gasteiger partial charge < -0.3 is 14.5 Å². The van der Waals surface area contributed by atoms with Crippen molar-refractivity contribution in [3.05, 3.63) is 90.5 Å². The highest BCUT2D eigenvalue weighted by Gasteiger charge is 2.32. The molecule has 8 heteroatoms.